The lowest BCUT2D eigenvalue weighted by atomic mass is 10.0. The molecule has 0 bridgehead atoms. The molecular weight excluding hydrogens is 240 g/mol. The van der Waals surface area contributed by atoms with Gasteiger partial charge in [0.05, 0.1) is 31.8 Å². The standard InChI is InChI=1S/C11H14N2O5/c14-10(15)8-5-18-6-9(8)13-11(16)12-3-7-1-2-17-4-7/h1-2,4,8-9H,3,5-6H2,(H,14,15)(H2,12,13,16). The van der Waals surface area contributed by atoms with Gasteiger partial charge in [-0.1, -0.05) is 0 Å². The molecule has 0 radical (unpaired) electrons. The van der Waals surface area contributed by atoms with Crippen LogP contribution in [0.25, 0.3) is 0 Å². The molecule has 1 aromatic heterocycles. The molecule has 2 atom stereocenters. The maximum atomic E-state index is 11.6. The van der Waals surface area contributed by atoms with Crippen LogP contribution in [0.15, 0.2) is 23.0 Å². The highest BCUT2D eigenvalue weighted by Gasteiger charge is 2.34. The molecule has 98 valence electrons. The van der Waals surface area contributed by atoms with Gasteiger partial charge in [-0.25, -0.2) is 4.79 Å². The number of hydrogen-bond acceptors (Lipinski definition) is 4. The number of nitrogens with one attached hydrogen (secondary N) is 2. The number of ether oxygens (including phenoxy) is 1. The first-order chi connectivity index (χ1) is 8.66. The van der Waals surface area contributed by atoms with Gasteiger partial charge in [-0.3, -0.25) is 4.79 Å². The number of carboxylic acids is 1. The second-order valence-electron chi connectivity index (χ2n) is 4.05. The molecule has 2 heterocycles. The van der Waals surface area contributed by atoms with E-state index in [4.69, 9.17) is 14.3 Å². The first-order valence-corrected chi connectivity index (χ1v) is 5.53. The van der Waals surface area contributed by atoms with E-state index in [1.54, 1.807) is 6.07 Å². The number of aliphatic carboxylic acids is 1. The molecule has 0 aromatic carbocycles. The van der Waals surface area contributed by atoms with Crippen LogP contribution in [0.4, 0.5) is 4.79 Å². The molecule has 1 aromatic rings. The number of carbonyl (C=O) groups excluding carboxylic acids is 1. The minimum atomic E-state index is -0.965. The first kappa shape index (κ1) is 12.4. The molecule has 0 saturated carbocycles. The van der Waals surface area contributed by atoms with E-state index in [1.807, 2.05) is 0 Å². The van der Waals surface area contributed by atoms with Crippen molar-refractivity contribution in [1.82, 2.24) is 10.6 Å². The Labute approximate surface area is 103 Å². The second-order valence-corrected chi connectivity index (χ2v) is 4.05. The first-order valence-electron chi connectivity index (χ1n) is 5.53. The summed E-state index contributed by atoms with van der Waals surface area (Å²) in [7, 11) is 0. The Bertz CT molecular complexity index is 417. The summed E-state index contributed by atoms with van der Waals surface area (Å²) in [5, 5.41) is 14.1. The highest BCUT2D eigenvalue weighted by molar-refractivity contribution is 5.77. The molecule has 1 saturated heterocycles. The van der Waals surface area contributed by atoms with Gasteiger partial charge in [0, 0.05) is 12.1 Å². The van der Waals surface area contributed by atoms with Crippen LogP contribution < -0.4 is 10.6 Å². The summed E-state index contributed by atoms with van der Waals surface area (Å²) in [6.45, 7) is 0.672. The zero-order valence-corrected chi connectivity index (χ0v) is 9.59. The normalized spacial score (nSPS) is 22.7. The van der Waals surface area contributed by atoms with Gasteiger partial charge >= 0.3 is 12.0 Å². The van der Waals surface area contributed by atoms with Crippen molar-refractivity contribution in [3.05, 3.63) is 24.2 Å². The van der Waals surface area contributed by atoms with E-state index < -0.39 is 24.0 Å². The predicted octanol–water partition coefficient (Wildman–Crippen LogP) is 0.178. The lowest BCUT2D eigenvalue weighted by Crippen LogP contribution is -2.46. The molecule has 1 fully saturated rings. The number of urea groups is 1. The van der Waals surface area contributed by atoms with Gasteiger partial charge in [0.1, 0.15) is 5.92 Å². The van der Waals surface area contributed by atoms with Gasteiger partial charge in [0.15, 0.2) is 0 Å². The lowest BCUT2D eigenvalue weighted by molar-refractivity contribution is -0.142. The lowest BCUT2D eigenvalue weighted by Gasteiger charge is -2.15. The molecule has 2 unspecified atom stereocenters. The van der Waals surface area contributed by atoms with Gasteiger partial charge in [0.25, 0.3) is 0 Å². The molecule has 18 heavy (non-hydrogen) atoms. The summed E-state index contributed by atoms with van der Waals surface area (Å²) in [6.07, 6.45) is 3.04. The third-order valence-corrected chi connectivity index (χ3v) is 2.75. The number of rotatable bonds is 4. The molecule has 1 aliphatic heterocycles. The number of carboxylic acid groups (broad SMARTS) is 1. The fourth-order valence-electron chi connectivity index (χ4n) is 1.73. The molecule has 3 N–H and O–H groups in total. The van der Waals surface area contributed by atoms with Gasteiger partial charge in [-0.2, -0.15) is 0 Å². The summed E-state index contributed by atoms with van der Waals surface area (Å²) >= 11 is 0. The molecule has 7 heteroatoms. The van der Waals surface area contributed by atoms with Crippen LogP contribution in [-0.4, -0.2) is 36.4 Å². The Morgan fingerprint density at radius 3 is 2.94 bits per heavy atom. The van der Waals surface area contributed by atoms with E-state index >= 15 is 0 Å². The average Bonchev–Trinajstić information content (AvgIpc) is 2.96. The van der Waals surface area contributed by atoms with E-state index in [-0.39, 0.29) is 13.2 Å². The van der Waals surface area contributed by atoms with Crippen LogP contribution in [0.5, 0.6) is 0 Å². The fraction of sp³-hybridized carbons (Fsp3) is 0.455. The number of hydrogen-bond donors (Lipinski definition) is 3. The fourth-order valence-corrected chi connectivity index (χ4v) is 1.73. The maximum absolute atomic E-state index is 11.6. The van der Waals surface area contributed by atoms with Crippen molar-refractivity contribution in [3.63, 3.8) is 0 Å². The summed E-state index contributed by atoms with van der Waals surface area (Å²) in [6, 6.07) is 0.823. The third-order valence-electron chi connectivity index (χ3n) is 2.75. The Morgan fingerprint density at radius 1 is 1.44 bits per heavy atom. The second kappa shape index (κ2) is 5.54. The quantitative estimate of drug-likeness (QED) is 0.711. The summed E-state index contributed by atoms with van der Waals surface area (Å²) in [4.78, 5) is 22.4. The number of furan rings is 1. The van der Waals surface area contributed by atoms with Crippen molar-refractivity contribution in [1.29, 1.82) is 0 Å². The highest BCUT2D eigenvalue weighted by Crippen LogP contribution is 2.13. The Morgan fingerprint density at radius 2 is 2.28 bits per heavy atom. The largest absolute Gasteiger partial charge is 0.481 e. The number of carbonyl (C=O) groups is 2. The van der Waals surface area contributed by atoms with Crippen molar-refractivity contribution in [2.45, 2.75) is 12.6 Å². The predicted molar refractivity (Wildman–Crippen MR) is 59.8 cm³/mol. The van der Waals surface area contributed by atoms with Crippen LogP contribution in [0.1, 0.15) is 5.56 Å². The van der Waals surface area contributed by atoms with Crippen molar-refractivity contribution in [3.8, 4) is 0 Å². The topological polar surface area (TPSA) is 101 Å². The summed E-state index contributed by atoms with van der Waals surface area (Å²) in [5.41, 5.74) is 0.836. The molecule has 2 amide bonds. The van der Waals surface area contributed by atoms with Crippen LogP contribution in [0.3, 0.4) is 0 Å². The molecule has 1 aliphatic rings. The Hall–Kier alpha value is -2.02. The molecule has 2 rings (SSSR count). The summed E-state index contributed by atoms with van der Waals surface area (Å²) < 4.78 is 9.90. The van der Waals surface area contributed by atoms with Crippen LogP contribution in [0.2, 0.25) is 0 Å². The van der Waals surface area contributed by atoms with Gasteiger partial charge in [-0.15, -0.1) is 0 Å². The molecular formula is C11H14N2O5. The van der Waals surface area contributed by atoms with Gasteiger partial charge in [-0.05, 0) is 6.07 Å². The van der Waals surface area contributed by atoms with Crippen molar-refractivity contribution >= 4 is 12.0 Å². The minimum Gasteiger partial charge on any atom is -0.481 e. The monoisotopic (exact) mass is 254 g/mol. The highest BCUT2D eigenvalue weighted by atomic mass is 16.5. The van der Waals surface area contributed by atoms with Crippen molar-refractivity contribution in [2.75, 3.05) is 13.2 Å². The smallest absolute Gasteiger partial charge is 0.315 e. The molecule has 0 aliphatic carbocycles. The van der Waals surface area contributed by atoms with Gasteiger partial charge in [0.2, 0.25) is 0 Å². The SMILES string of the molecule is O=C(NCc1ccoc1)NC1COCC1C(=O)O. The summed E-state index contributed by atoms with van der Waals surface area (Å²) in [5.74, 6) is -1.66. The van der Waals surface area contributed by atoms with Crippen molar-refractivity contribution in [2.24, 2.45) is 5.92 Å². The minimum absolute atomic E-state index is 0.127. The van der Waals surface area contributed by atoms with Crippen LogP contribution in [-0.2, 0) is 16.1 Å². The van der Waals surface area contributed by atoms with Crippen LogP contribution >= 0.6 is 0 Å². The van der Waals surface area contributed by atoms with E-state index in [1.165, 1.54) is 12.5 Å². The van der Waals surface area contributed by atoms with Crippen LogP contribution in [0, 0.1) is 5.92 Å². The third kappa shape index (κ3) is 3.01. The molecule has 0 spiro atoms. The Kier molecular flexibility index (Phi) is 3.83. The molecule has 7 nitrogen and oxygen atoms in total. The zero-order chi connectivity index (χ0) is 13.0. The maximum Gasteiger partial charge on any atom is 0.315 e. The van der Waals surface area contributed by atoms with E-state index in [0.29, 0.717) is 6.54 Å². The number of amides is 2. The van der Waals surface area contributed by atoms with E-state index in [9.17, 15) is 9.59 Å². The average molecular weight is 254 g/mol. The van der Waals surface area contributed by atoms with E-state index in [2.05, 4.69) is 10.6 Å². The zero-order valence-electron chi connectivity index (χ0n) is 9.59. The van der Waals surface area contributed by atoms with Crippen molar-refractivity contribution < 1.29 is 23.8 Å². The Balaban J connectivity index is 1.78. The van der Waals surface area contributed by atoms with E-state index in [0.717, 1.165) is 5.56 Å². The van der Waals surface area contributed by atoms with Gasteiger partial charge < -0.3 is 24.9 Å².